The van der Waals surface area contributed by atoms with E-state index in [1.807, 2.05) is 0 Å². The van der Waals surface area contributed by atoms with E-state index in [-0.39, 0.29) is 0 Å². The van der Waals surface area contributed by atoms with Gasteiger partial charge >= 0.3 is 0 Å². The molecule has 1 aliphatic rings. The van der Waals surface area contributed by atoms with E-state index in [0.717, 1.165) is 11.7 Å². The average Bonchev–Trinajstić information content (AvgIpc) is 2.32. The zero-order valence-electron chi connectivity index (χ0n) is 11.3. The largest absolute Gasteiger partial charge is 0.490 e. The Bertz CT molecular complexity index is 348. The molecule has 17 heavy (non-hydrogen) atoms. The minimum absolute atomic E-state index is 0.436. The normalized spacial score (nSPS) is 24.9. The first kappa shape index (κ1) is 12.5. The van der Waals surface area contributed by atoms with E-state index in [4.69, 9.17) is 4.74 Å². The van der Waals surface area contributed by atoms with Gasteiger partial charge in [-0.25, -0.2) is 0 Å². The molecular formula is C16H24O. The summed E-state index contributed by atoms with van der Waals surface area (Å²) in [5, 5.41) is 0. The van der Waals surface area contributed by atoms with Crippen molar-refractivity contribution < 1.29 is 4.74 Å². The zero-order chi connectivity index (χ0) is 12.3. The van der Waals surface area contributed by atoms with E-state index in [1.54, 1.807) is 0 Å². The molecule has 0 aromatic heterocycles. The minimum atomic E-state index is 0.436. The van der Waals surface area contributed by atoms with E-state index in [1.165, 1.54) is 31.2 Å². The molecule has 0 heterocycles. The van der Waals surface area contributed by atoms with Crippen molar-refractivity contribution in [3.63, 3.8) is 0 Å². The highest BCUT2D eigenvalue weighted by atomic mass is 16.5. The van der Waals surface area contributed by atoms with Crippen molar-refractivity contribution in [3.05, 3.63) is 29.8 Å². The van der Waals surface area contributed by atoms with Crippen LogP contribution in [0.4, 0.5) is 0 Å². The highest BCUT2D eigenvalue weighted by Crippen LogP contribution is 2.31. The molecule has 1 fully saturated rings. The van der Waals surface area contributed by atoms with Gasteiger partial charge in [0, 0.05) is 0 Å². The summed E-state index contributed by atoms with van der Waals surface area (Å²) in [6.45, 7) is 6.80. The highest BCUT2D eigenvalue weighted by Gasteiger charge is 2.20. The van der Waals surface area contributed by atoms with Gasteiger partial charge in [-0.15, -0.1) is 0 Å². The van der Waals surface area contributed by atoms with E-state index in [9.17, 15) is 0 Å². The number of hydrogen-bond donors (Lipinski definition) is 0. The summed E-state index contributed by atoms with van der Waals surface area (Å²) >= 11 is 0. The molecule has 0 amide bonds. The quantitative estimate of drug-likeness (QED) is 0.729. The summed E-state index contributed by atoms with van der Waals surface area (Å²) in [5.74, 6) is 2.52. The molecule has 0 radical (unpaired) electrons. The maximum Gasteiger partial charge on any atom is 0.123 e. The van der Waals surface area contributed by atoms with Crippen LogP contribution in [0.3, 0.4) is 0 Å². The van der Waals surface area contributed by atoms with Crippen molar-refractivity contribution in [2.75, 3.05) is 0 Å². The third-order valence-corrected chi connectivity index (χ3v) is 3.80. The number of benzene rings is 1. The predicted octanol–water partition coefficient (Wildman–Crippen LogP) is 4.77. The fourth-order valence-corrected chi connectivity index (χ4v) is 2.59. The molecule has 1 aromatic rings. The lowest BCUT2D eigenvalue weighted by Crippen LogP contribution is -2.23. The second kappa shape index (κ2) is 5.57. The van der Waals surface area contributed by atoms with Gasteiger partial charge in [-0.1, -0.05) is 39.0 Å². The molecule has 0 N–H and O–H groups in total. The molecule has 2 rings (SSSR count). The Balaban J connectivity index is 2.03. The molecular weight excluding hydrogens is 208 g/mol. The smallest absolute Gasteiger partial charge is 0.123 e. The molecule has 0 spiro atoms. The van der Waals surface area contributed by atoms with Crippen LogP contribution >= 0.6 is 0 Å². The number of para-hydroxylation sites is 1. The second-order valence-corrected chi connectivity index (χ2v) is 5.69. The Morgan fingerprint density at radius 1 is 1.06 bits per heavy atom. The summed E-state index contributed by atoms with van der Waals surface area (Å²) in [6.07, 6.45) is 5.50. The zero-order valence-corrected chi connectivity index (χ0v) is 11.3. The van der Waals surface area contributed by atoms with Crippen LogP contribution in [-0.4, -0.2) is 6.10 Å². The van der Waals surface area contributed by atoms with Crippen molar-refractivity contribution in [2.45, 2.75) is 58.5 Å². The standard InChI is InChI=1S/C16H24O/c1-12(2)15-6-4-5-7-16(15)17-14-10-8-13(3)9-11-14/h4-7,12-14H,8-11H2,1-3H3. The van der Waals surface area contributed by atoms with Gasteiger partial charge in [-0.05, 0) is 49.1 Å². The van der Waals surface area contributed by atoms with Crippen LogP contribution in [0, 0.1) is 5.92 Å². The van der Waals surface area contributed by atoms with Crippen molar-refractivity contribution >= 4 is 0 Å². The summed E-state index contributed by atoms with van der Waals surface area (Å²) in [6, 6.07) is 8.48. The Labute approximate surface area is 105 Å². The molecule has 0 unspecified atom stereocenters. The van der Waals surface area contributed by atoms with Gasteiger partial charge in [0.05, 0.1) is 6.10 Å². The molecule has 1 saturated carbocycles. The van der Waals surface area contributed by atoms with Crippen LogP contribution in [-0.2, 0) is 0 Å². The number of rotatable bonds is 3. The van der Waals surface area contributed by atoms with Gasteiger partial charge in [0.25, 0.3) is 0 Å². The first-order valence-electron chi connectivity index (χ1n) is 6.92. The number of hydrogen-bond acceptors (Lipinski definition) is 1. The predicted molar refractivity (Wildman–Crippen MR) is 72.6 cm³/mol. The van der Waals surface area contributed by atoms with Gasteiger partial charge in [-0.3, -0.25) is 0 Å². The molecule has 0 aliphatic heterocycles. The molecule has 1 aromatic carbocycles. The summed E-state index contributed by atoms with van der Waals surface area (Å²) in [4.78, 5) is 0. The Morgan fingerprint density at radius 3 is 2.35 bits per heavy atom. The SMILES string of the molecule is CC1CCC(Oc2ccccc2C(C)C)CC1. The fourth-order valence-electron chi connectivity index (χ4n) is 2.59. The third-order valence-electron chi connectivity index (χ3n) is 3.80. The monoisotopic (exact) mass is 232 g/mol. The molecule has 0 atom stereocenters. The molecule has 0 saturated heterocycles. The van der Waals surface area contributed by atoms with Crippen LogP contribution in [0.25, 0.3) is 0 Å². The maximum atomic E-state index is 6.20. The van der Waals surface area contributed by atoms with Gasteiger partial charge < -0.3 is 4.74 Å². The lowest BCUT2D eigenvalue weighted by Gasteiger charge is -2.28. The molecule has 94 valence electrons. The minimum Gasteiger partial charge on any atom is -0.490 e. The Hall–Kier alpha value is -0.980. The maximum absolute atomic E-state index is 6.20. The van der Waals surface area contributed by atoms with E-state index in [0.29, 0.717) is 12.0 Å². The van der Waals surface area contributed by atoms with Crippen LogP contribution in [0.5, 0.6) is 5.75 Å². The first-order valence-corrected chi connectivity index (χ1v) is 6.92. The van der Waals surface area contributed by atoms with E-state index < -0.39 is 0 Å². The fraction of sp³-hybridized carbons (Fsp3) is 0.625. The first-order chi connectivity index (χ1) is 8.16. The number of ether oxygens (including phenoxy) is 1. The Morgan fingerprint density at radius 2 is 1.71 bits per heavy atom. The van der Waals surface area contributed by atoms with Crippen molar-refractivity contribution in [3.8, 4) is 5.75 Å². The summed E-state index contributed by atoms with van der Waals surface area (Å²) < 4.78 is 6.20. The van der Waals surface area contributed by atoms with E-state index >= 15 is 0 Å². The molecule has 1 nitrogen and oxygen atoms in total. The average molecular weight is 232 g/mol. The molecule has 1 aliphatic carbocycles. The van der Waals surface area contributed by atoms with Gasteiger partial charge in [0.2, 0.25) is 0 Å². The molecule has 0 bridgehead atoms. The Kier molecular flexibility index (Phi) is 4.09. The van der Waals surface area contributed by atoms with Crippen molar-refractivity contribution in [2.24, 2.45) is 5.92 Å². The third kappa shape index (κ3) is 3.24. The van der Waals surface area contributed by atoms with Gasteiger partial charge in [-0.2, -0.15) is 0 Å². The van der Waals surface area contributed by atoms with E-state index in [2.05, 4.69) is 45.0 Å². The highest BCUT2D eigenvalue weighted by molar-refractivity contribution is 5.35. The van der Waals surface area contributed by atoms with Gasteiger partial charge in [0.1, 0.15) is 5.75 Å². The van der Waals surface area contributed by atoms with Crippen molar-refractivity contribution in [1.29, 1.82) is 0 Å². The topological polar surface area (TPSA) is 9.23 Å². The second-order valence-electron chi connectivity index (χ2n) is 5.69. The van der Waals surface area contributed by atoms with Crippen LogP contribution in [0.2, 0.25) is 0 Å². The van der Waals surface area contributed by atoms with Crippen LogP contribution < -0.4 is 4.74 Å². The molecule has 1 heteroatoms. The van der Waals surface area contributed by atoms with Gasteiger partial charge in [0.15, 0.2) is 0 Å². The van der Waals surface area contributed by atoms with Crippen LogP contribution in [0.15, 0.2) is 24.3 Å². The lowest BCUT2D eigenvalue weighted by molar-refractivity contribution is 0.134. The van der Waals surface area contributed by atoms with Crippen LogP contribution in [0.1, 0.15) is 57.9 Å². The summed E-state index contributed by atoms with van der Waals surface area (Å²) in [5.41, 5.74) is 1.34. The van der Waals surface area contributed by atoms with Crippen molar-refractivity contribution in [1.82, 2.24) is 0 Å². The summed E-state index contributed by atoms with van der Waals surface area (Å²) in [7, 11) is 0. The lowest BCUT2D eigenvalue weighted by atomic mass is 9.89.